The standard InChI is InChI=1S/C16H24O6/c1-5-12-6-7-14(17)22-13(8-12)11(4)21-15(18)9-20-16(19)10(2)3/h11-13H,2,5-9H2,1,3-4H3. The minimum Gasteiger partial charge on any atom is -0.458 e. The maximum absolute atomic E-state index is 11.7. The lowest BCUT2D eigenvalue weighted by atomic mass is 9.93. The first kappa shape index (κ1) is 18.2. The molecule has 0 aromatic rings. The van der Waals surface area contributed by atoms with Crippen molar-refractivity contribution in [3.8, 4) is 0 Å². The summed E-state index contributed by atoms with van der Waals surface area (Å²) in [7, 11) is 0. The summed E-state index contributed by atoms with van der Waals surface area (Å²) in [5.41, 5.74) is 0.212. The Balaban J connectivity index is 2.49. The van der Waals surface area contributed by atoms with Crippen LogP contribution in [-0.2, 0) is 28.6 Å². The minimum absolute atomic E-state index is 0.212. The van der Waals surface area contributed by atoms with E-state index in [9.17, 15) is 14.4 Å². The van der Waals surface area contributed by atoms with Crippen molar-refractivity contribution >= 4 is 17.9 Å². The number of cyclic esters (lactones) is 1. The van der Waals surface area contributed by atoms with Gasteiger partial charge in [-0.05, 0) is 32.6 Å². The lowest BCUT2D eigenvalue weighted by molar-refractivity contribution is -0.171. The summed E-state index contributed by atoms with van der Waals surface area (Å²) in [6.45, 7) is 8.17. The van der Waals surface area contributed by atoms with E-state index in [1.165, 1.54) is 6.92 Å². The Bertz CT molecular complexity index is 442. The molecule has 1 saturated heterocycles. The number of ether oxygens (including phenoxy) is 3. The number of esters is 3. The van der Waals surface area contributed by atoms with Crippen LogP contribution in [0, 0.1) is 5.92 Å². The summed E-state index contributed by atoms with van der Waals surface area (Å²) in [6, 6.07) is 0. The second-order valence-corrected chi connectivity index (χ2v) is 5.63. The highest BCUT2D eigenvalue weighted by Gasteiger charge is 2.30. The van der Waals surface area contributed by atoms with Crippen LogP contribution in [-0.4, -0.2) is 36.7 Å². The molecule has 1 heterocycles. The normalized spacial score (nSPS) is 23.0. The van der Waals surface area contributed by atoms with Crippen molar-refractivity contribution in [2.75, 3.05) is 6.61 Å². The van der Waals surface area contributed by atoms with E-state index in [0.29, 0.717) is 18.8 Å². The fourth-order valence-corrected chi connectivity index (χ4v) is 2.27. The molecule has 1 aliphatic rings. The van der Waals surface area contributed by atoms with Gasteiger partial charge in [0.05, 0.1) is 0 Å². The number of rotatable bonds is 6. The van der Waals surface area contributed by atoms with Crippen LogP contribution >= 0.6 is 0 Å². The van der Waals surface area contributed by atoms with E-state index >= 15 is 0 Å². The van der Waals surface area contributed by atoms with Gasteiger partial charge in [-0.25, -0.2) is 9.59 Å². The molecule has 3 atom stereocenters. The molecule has 3 unspecified atom stereocenters. The Labute approximate surface area is 130 Å². The fraction of sp³-hybridized carbons (Fsp3) is 0.688. The van der Waals surface area contributed by atoms with Gasteiger partial charge in [-0.15, -0.1) is 0 Å². The topological polar surface area (TPSA) is 78.9 Å². The zero-order valence-electron chi connectivity index (χ0n) is 13.4. The monoisotopic (exact) mass is 312 g/mol. The van der Waals surface area contributed by atoms with Gasteiger partial charge in [-0.3, -0.25) is 4.79 Å². The van der Waals surface area contributed by atoms with Crippen LogP contribution in [0.5, 0.6) is 0 Å². The summed E-state index contributed by atoms with van der Waals surface area (Å²) in [5.74, 6) is -1.21. The van der Waals surface area contributed by atoms with Crippen LogP contribution in [0.1, 0.15) is 46.5 Å². The Morgan fingerprint density at radius 1 is 1.45 bits per heavy atom. The maximum Gasteiger partial charge on any atom is 0.344 e. The predicted molar refractivity (Wildman–Crippen MR) is 78.8 cm³/mol. The molecule has 0 radical (unpaired) electrons. The molecular weight excluding hydrogens is 288 g/mol. The summed E-state index contributed by atoms with van der Waals surface area (Å²) < 4.78 is 15.2. The smallest absolute Gasteiger partial charge is 0.344 e. The Kier molecular flexibility index (Phi) is 7.08. The van der Waals surface area contributed by atoms with Crippen molar-refractivity contribution < 1.29 is 28.6 Å². The first-order valence-corrected chi connectivity index (χ1v) is 7.55. The summed E-state index contributed by atoms with van der Waals surface area (Å²) in [4.78, 5) is 34.5. The molecule has 1 fully saturated rings. The van der Waals surface area contributed by atoms with Crippen LogP contribution in [0.4, 0.5) is 0 Å². The average molecular weight is 312 g/mol. The number of hydrogen-bond acceptors (Lipinski definition) is 6. The summed E-state index contributed by atoms with van der Waals surface area (Å²) >= 11 is 0. The fourth-order valence-electron chi connectivity index (χ4n) is 2.27. The number of carbonyl (C=O) groups is 3. The van der Waals surface area contributed by atoms with E-state index in [1.807, 2.05) is 0 Å². The van der Waals surface area contributed by atoms with Crippen LogP contribution in [0.2, 0.25) is 0 Å². The van der Waals surface area contributed by atoms with E-state index in [1.54, 1.807) is 6.92 Å². The van der Waals surface area contributed by atoms with Crippen LogP contribution < -0.4 is 0 Å². The van der Waals surface area contributed by atoms with E-state index in [-0.39, 0.29) is 11.5 Å². The minimum atomic E-state index is -0.671. The first-order chi connectivity index (χ1) is 10.3. The average Bonchev–Trinajstić information content (AvgIpc) is 2.66. The van der Waals surface area contributed by atoms with Gasteiger partial charge in [0.2, 0.25) is 0 Å². The van der Waals surface area contributed by atoms with Gasteiger partial charge < -0.3 is 14.2 Å². The number of hydrogen-bond donors (Lipinski definition) is 0. The van der Waals surface area contributed by atoms with Crippen molar-refractivity contribution in [2.45, 2.75) is 58.7 Å². The predicted octanol–water partition coefficient (Wildman–Crippen LogP) is 2.16. The Hall–Kier alpha value is -1.85. The molecule has 0 aromatic heterocycles. The van der Waals surface area contributed by atoms with Gasteiger partial charge in [-0.2, -0.15) is 0 Å². The summed E-state index contributed by atoms with van der Waals surface area (Å²) in [6.07, 6.45) is 1.77. The molecule has 0 aromatic carbocycles. The molecule has 6 heteroatoms. The molecule has 0 aliphatic carbocycles. The molecular formula is C16H24O6. The molecule has 0 saturated carbocycles. The highest BCUT2D eigenvalue weighted by atomic mass is 16.6. The van der Waals surface area contributed by atoms with Crippen LogP contribution in [0.25, 0.3) is 0 Å². The lowest BCUT2D eigenvalue weighted by Crippen LogP contribution is -2.34. The summed E-state index contributed by atoms with van der Waals surface area (Å²) in [5, 5.41) is 0. The van der Waals surface area contributed by atoms with Gasteiger partial charge in [0.25, 0.3) is 0 Å². The van der Waals surface area contributed by atoms with Crippen LogP contribution in [0.3, 0.4) is 0 Å². The highest BCUT2D eigenvalue weighted by Crippen LogP contribution is 2.26. The number of carbonyl (C=O) groups excluding carboxylic acids is 3. The third-order valence-electron chi connectivity index (χ3n) is 3.69. The van der Waals surface area contributed by atoms with Gasteiger partial charge in [0.1, 0.15) is 12.2 Å². The molecule has 0 bridgehead atoms. The van der Waals surface area contributed by atoms with Crippen molar-refractivity contribution in [2.24, 2.45) is 5.92 Å². The molecule has 0 amide bonds. The third-order valence-corrected chi connectivity index (χ3v) is 3.69. The van der Waals surface area contributed by atoms with Gasteiger partial charge in [-0.1, -0.05) is 19.9 Å². The molecule has 1 aliphatic heterocycles. The second-order valence-electron chi connectivity index (χ2n) is 5.63. The molecule has 1 rings (SSSR count). The molecule has 124 valence electrons. The van der Waals surface area contributed by atoms with E-state index in [2.05, 4.69) is 13.5 Å². The van der Waals surface area contributed by atoms with E-state index in [4.69, 9.17) is 14.2 Å². The Morgan fingerprint density at radius 2 is 2.14 bits per heavy atom. The van der Waals surface area contributed by atoms with Crippen molar-refractivity contribution in [1.82, 2.24) is 0 Å². The van der Waals surface area contributed by atoms with E-state index < -0.39 is 30.8 Å². The van der Waals surface area contributed by atoms with Crippen molar-refractivity contribution in [3.63, 3.8) is 0 Å². The third kappa shape index (κ3) is 5.87. The highest BCUT2D eigenvalue weighted by molar-refractivity contribution is 5.88. The first-order valence-electron chi connectivity index (χ1n) is 7.55. The maximum atomic E-state index is 11.7. The van der Waals surface area contributed by atoms with Gasteiger partial charge in [0.15, 0.2) is 6.61 Å². The lowest BCUT2D eigenvalue weighted by Gasteiger charge is -2.24. The van der Waals surface area contributed by atoms with Gasteiger partial charge >= 0.3 is 17.9 Å². The van der Waals surface area contributed by atoms with Gasteiger partial charge in [0, 0.05) is 12.0 Å². The second kappa shape index (κ2) is 8.56. The van der Waals surface area contributed by atoms with Crippen molar-refractivity contribution in [1.29, 1.82) is 0 Å². The zero-order chi connectivity index (χ0) is 16.7. The molecule has 0 N–H and O–H groups in total. The SMILES string of the molecule is C=C(C)C(=O)OCC(=O)OC(C)C1CC(CC)CCC(=O)O1. The quantitative estimate of drug-likeness (QED) is 0.425. The van der Waals surface area contributed by atoms with E-state index in [0.717, 1.165) is 12.8 Å². The van der Waals surface area contributed by atoms with Crippen molar-refractivity contribution in [3.05, 3.63) is 12.2 Å². The van der Waals surface area contributed by atoms with Crippen LogP contribution in [0.15, 0.2) is 12.2 Å². The Morgan fingerprint density at radius 3 is 2.73 bits per heavy atom. The largest absolute Gasteiger partial charge is 0.458 e. The zero-order valence-corrected chi connectivity index (χ0v) is 13.4. The molecule has 0 spiro atoms. The molecule has 22 heavy (non-hydrogen) atoms. The molecule has 6 nitrogen and oxygen atoms in total.